The normalized spacial score (nSPS) is 16.0. The molecule has 0 aliphatic heterocycles. The van der Waals surface area contributed by atoms with E-state index in [9.17, 15) is 13.8 Å². The van der Waals surface area contributed by atoms with Crippen LogP contribution in [-0.4, -0.2) is 28.6 Å². The molecule has 28 heavy (non-hydrogen) atoms. The highest BCUT2D eigenvalue weighted by molar-refractivity contribution is 6.64. The number of aromatic nitrogens is 2. The van der Waals surface area contributed by atoms with E-state index in [0.717, 1.165) is 27.5 Å². The van der Waals surface area contributed by atoms with Gasteiger partial charge in [-0.15, -0.1) is 0 Å². The molecule has 4 nitrogen and oxygen atoms in total. The maximum atomic E-state index is 13.1. The minimum Gasteiger partial charge on any atom is -0.447 e. The summed E-state index contributed by atoms with van der Waals surface area (Å²) in [4.78, 5) is 0. The summed E-state index contributed by atoms with van der Waals surface area (Å²) in [5.74, 6) is -0.260. The van der Waals surface area contributed by atoms with Crippen molar-refractivity contribution in [3.63, 3.8) is 0 Å². The van der Waals surface area contributed by atoms with Gasteiger partial charge in [-0.1, -0.05) is 49.3 Å². The van der Waals surface area contributed by atoms with Crippen LogP contribution in [-0.2, 0) is 0 Å². The van der Waals surface area contributed by atoms with Gasteiger partial charge in [0.05, 0.1) is 17.4 Å². The summed E-state index contributed by atoms with van der Waals surface area (Å²) >= 11 is 0. The molecule has 1 heterocycles. The molecule has 1 aromatic heterocycles. The van der Waals surface area contributed by atoms with Crippen molar-refractivity contribution in [3.05, 3.63) is 72.0 Å². The molecule has 1 aliphatic carbocycles. The molecule has 7 heteroatoms. The molecule has 0 bridgehead atoms. The van der Waals surface area contributed by atoms with E-state index in [1.807, 2.05) is 36.4 Å². The zero-order valence-corrected chi connectivity index (χ0v) is 15.2. The SMILES string of the molecule is CB(O)c1ccc(C2C=CC(C(F)F)=C2)c(-c2ccc3c(N)cnnc3c2)c1. The number of fused-ring (bicyclic) bond motifs is 1. The monoisotopic (exact) mass is 377 g/mol. The lowest BCUT2D eigenvalue weighted by Gasteiger charge is -2.16. The van der Waals surface area contributed by atoms with Crippen LogP contribution in [0.1, 0.15) is 11.5 Å². The maximum absolute atomic E-state index is 13.1. The zero-order chi connectivity index (χ0) is 19.8. The molecule has 140 valence electrons. The molecule has 3 N–H and O–H groups in total. The first kappa shape index (κ1) is 18.3. The summed E-state index contributed by atoms with van der Waals surface area (Å²) < 4.78 is 26.1. The number of nitrogen functional groups attached to an aromatic ring is 1. The van der Waals surface area contributed by atoms with Crippen LogP contribution in [0.25, 0.3) is 22.0 Å². The molecule has 1 unspecified atom stereocenters. The fourth-order valence-electron chi connectivity index (χ4n) is 3.50. The van der Waals surface area contributed by atoms with Gasteiger partial charge in [-0.3, -0.25) is 0 Å². The predicted molar refractivity (Wildman–Crippen MR) is 109 cm³/mol. The van der Waals surface area contributed by atoms with E-state index in [4.69, 9.17) is 5.73 Å². The Kier molecular flexibility index (Phi) is 4.69. The van der Waals surface area contributed by atoms with Gasteiger partial charge in [0.1, 0.15) is 0 Å². The van der Waals surface area contributed by atoms with Crippen LogP contribution in [0, 0.1) is 0 Å². The van der Waals surface area contributed by atoms with Gasteiger partial charge in [0, 0.05) is 16.9 Å². The van der Waals surface area contributed by atoms with Crippen molar-refractivity contribution in [2.24, 2.45) is 0 Å². The van der Waals surface area contributed by atoms with Gasteiger partial charge in [-0.2, -0.15) is 10.2 Å². The van der Waals surface area contributed by atoms with Crippen LogP contribution in [0.4, 0.5) is 14.5 Å². The van der Waals surface area contributed by atoms with Crippen molar-refractivity contribution in [3.8, 4) is 11.1 Å². The number of nitrogens with two attached hydrogens (primary N) is 1. The molecule has 1 aliphatic rings. The summed E-state index contributed by atoms with van der Waals surface area (Å²) in [5, 5.41) is 18.9. The van der Waals surface area contributed by atoms with Gasteiger partial charge in [0.15, 0.2) is 0 Å². The Morgan fingerprint density at radius 1 is 1.18 bits per heavy atom. The number of nitrogens with zero attached hydrogens (tertiary/aromatic N) is 2. The quantitative estimate of drug-likeness (QED) is 0.683. The number of alkyl halides is 2. The van der Waals surface area contributed by atoms with E-state index in [2.05, 4.69) is 10.2 Å². The molecule has 4 rings (SSSR count). The van der Waals surface area contributed by atoms with Gasteiger partial charge in [0.2, 0.25) is 0 Å². The number of hydrogen-bond donors (Lipinski definition) is 2. The number of benzene rings is 2. The average molecular weight is 377 g/mol. The molecule has 0 saturated carbocycles. The topological polar surface area (TPSA) is 72.0 Å². The molecule has 0 spiro atoms. The highest BCUT2D eigenvalue weighted by Crippen LogP contribution is 2.36. The lowest BCUT2D eigenvalue weighted by Crippen LogP contribution is -2.26. The molecule has 0 saturated heterocycles. The molecule has 2 aromatic carbocycles. The highest BCUT2D eigenvalue weighted by atomic mass is 19.3. The number of rotatable bonds is 4. The van der Waals surface area contributed by atoms with Crippen LogP contribution in [0.2, 0.25) is 6.82 Å². The number of halogens is 2. The second-order valence-corrected chi connectivity index (χ2v) is 6.91. The van der Waals surface area contributed by atoms with Gasteiger partial charge < -0.3 is 10.8 Å². The first-order chi connectivity index (χ1) is 13.4. The van der Waals surface area contributed by atoms with Crippen molar-refractivity contribution in [2.45, 2.75) is 19.2 Å². The van der Waals surface area contributed by atoms with E-state index in [1.165, 1.54) is 12.3 Å². The van der Waals surface area contributed by atoms with E-state index in [-0.39, 0.29) is 11.5 Å². The second-order valence-electron chi connectivity index (χ2n) is 6.91. The third kappa shape index (κ3) is 3.29. The summed E-state index contributed by atoms with van der Waals surface area (Å²) in [6, 6.07) is 11.3. The van der Waals surface area contributed by atoms with Crippen molar-refractivity contribution < 1.29 is 13.8 Å². The largest absolute Gasteiger partial charge is 0.447 e. The Morgan fingerprint density at radius 2 is 2.00 bits per heavy atom. The summed E-state index contributed by atoms with van der Waals surface area (Å²) in [7, 11) is 0. The summed E-state index contributed by atoms with van der Waals surface area (Å²) in [6.45, 7) is 1.05. The Balaban J connectivity index is 1.87. The average Bonchev–Trinajstić information content (AvgIpc) is 3.18. The van der Waals surface area contributed by atoms with Crippen LogP contribution < -0.4 is 11.2 Å². The highest BCUT2D eigenvalue weighted by Gasteiger charge is 2.21. The molecular formula is C21H18BF2N3O. The Bertz CT molecular complexity index is 1110. The molecule has 3 aromatic rings. The lowest BCUT2D eigenvalue weighted by atomic mass is 9.63. The number of anilines is 1. The van der Waals surface area contributed by atoms with E-state index in [1.54, 1.807) is 19.0 Å². The maximum Gasteiger partial charge on any atom is 0.320 e. The predicted octanol–water partition coefficient (Wildman–Crippen LogP) is 3.54. The number of allylic oxidation sites excluding steroid dienone is 4. The van der Waals surface area contributed by atoms with Crippen molar-refractivity contribution >= 4 is 29.0 Å². The van der Waals surface area contributed by atoms with Crippen LogP contribution in [0.5, 0.6) is 0 Å². The molecule has 0 amide bonds. The van der Waals surface area contributed by atoms with E-state index >= 15 is 0 Å². The molecule has 0 radical (unpaired) electrons. The Morgan fingerprint density at radius 3 is 2.71 bits per heavy atom. The Labute approximate surface area is 161 Å². The number of hydrogen-bond acceptors (Lipinski definition) is 4. The van der Waals surface area contributed by atoms with Gasteiger partial charge in [-0.05, 0) is 34.3 Å². The van der Waals surface area contributed by atoms with Crippen LogP contribution in [0.3, 0.4) is 0 Å². The van der Waals surface area contributed by atoms with Gasteiger partial charge >= 0.3 is 6.92 Å². The van der Waals surface area contributed by atoms with Crippen LogP contribution in [0.15, 0.2) is 66.4 Å². The summed E-state index contributed by atoms with van der Waals surface area (Å²) in [6.07, 6.45) is 3.81. The molecule has 1 atom stereocenters. The fourth-order valence-corrected chi connectivity index (χ4v) is 3.50. The molecule has 0 fully saturated rings. The standard InChI is InChI=1S/C21H18BF2N3O/c1-22(28)15-5-7-16(12-2-3-14(8-12)21(23)24)18(10-15)13-4-6-17-19(25)11-26-27-20(17)9-13/h2-12,21,28H,1H3,(H2,25,27). The third-order valence-corrected chi connectivity index (χ3v) is 5.02. The van der Waals surface area contributed by atoms with Crippen LogP contribution >= 0.6 is 0 Å². The van der Waals surface area contributed by atoms with Crippen molar-refractivity contribution in [1.29, 1.82) is 0 Å². The van der Waals surface area contributed by atoms with Crippen molar-refractivity contribution in [2.75, 3.05) is 5.73 Å². The third-order valence-electron chi connectivity index (χ3n) is 5.02. The van der Waals surface area contributed by atoms with Crippen molar-refractivity contribution in [1.82, 2.24) is 10.2 Å². The van der Waals surface area contributed by atoms with Gasteiger partial charge in [0.25, 0.3) is 6.43 Å². The van der Waals surface area contributed by atoms with Gasteiger partial charge in [-0.25, -0.2) is 8.78 Å². The lowest BCUT2D eigenvalue weighted by molar-refractivity contribution is 0.194. The first-order valence-electron chi connectivity index (χ1n) is 8.95. The van der Waals surface area contributed by atoms with E-state index < -0.39 is 13.3 Å². The zero-order valence-electron chi connectivity index (χ0n) is 15.2. The Hall–Kier alpha value is -3.06. The second kappa shape index (κ2) is 7.17. The molecular weight excluding hydrogens is 359 g/mol. The first-order valence-corrected chi connectivity index (χ1v) is 8.95. The minimum atomic E-state index is -2.50. The smallest absolute Gasteiger partial charge is 0.320 e. The fraction of sp³-hybridized carbons (Fsp3) is 0.143. The summed E-state index contributed by atoms with van der Waals surface area (Å²) in [5.41, 5.74) is 10.5. The van der Waals surface area contributed by atoms with E-state index in [0.29, 0.717) is 11.2 Å². The minimum absolute atomic E-state index is 0.0210.